The predicted octanol–water partition coefficient (Wildman–Crippen LogP) is 0.951. The zero-order valence-electron chi connectivity index (χ0n) is 15.9. The molecule has 7 nitrogen and oxygen atoms in total. The van der Waals surface area contributed by atoms with Crippen molar-refractivity contribution in [3.8, 4) is 11.5 Å². The molecule has 7 heteroatoms. The number of nitrogens with zero attached hydrogens (tertiary/aromatic N) is 1. The number of hydrogen-bond acceptors (Lipinski definition) is 6. The number of likely N-dealkylation sites (tertiary alicyclic amines) is 1. The van der Waals surface area contributed by atoms with E-state index in [9.17, 15) is 9.90 Å². The highest BCUT2D eigenvalue weighted by molar-refractivity contribution is 5.98. The van der Waals surface area contributed by atoms with Gasteiger partial charge in [-0.25, -0.2) is 0 Å². The Morgan fingerprint density at radius 1 is 1.30 bits per heavy atom. The first-order valence-electron chi connectivity index (χ1n) is 9.79. The molecule has 2 aliphatic rings. The molecule has 0 aromatic heterocycles. The predicted molar refractivity (Wildman–Crippen MR) is 101 cm³/mol. The third kappa shape index (κ3) is 4.91. The molecule has 2 unspecified atom stereocenters. The molecule has 0 spiro atoms. The van der Waals surface area contributed by atoms with Crippen molar-refractivity contribution in [3.63, 3.8) is 0 Å². The molecule has 0 saturated carbocycles. The number of rotatable bonds is 6. The largest absolute Gasteiger partial charge is 0.489 e. The first-order valence-corrected chi connectivity index (χ1v) is 9.79. The molecule has 2 atom stereocenters. The molecule has 1 saturated heterocycles. The van der Waals surface area contributed by atoms with Gasteiger partial charge in [0.2, 0.25) is 0 Å². The number of nitrogens with one attached hydrogen (secondary N) is 1. The van der Waals surface area contributed by atoms with Gasteiger partial charge in [0.1, 0.15) is 0 Å². The van der Waals surface area contributed by atoms with Crippen LogP contribution in [0.1, 0.15) is 35.2 Å². The standard InChI is InChI=1S/C20H30N2O5/c1-14-4-5-16(19-18(14)26-10-3-11-27-19)20(25)21-12-15-6-8-22(7-2-9-23)13-17(15)24/h4-5,15,17,23-24H,2-3,6-13H2,1H3,(H,21,25). The summed E-state index contributed by atoms with van der Waals surface area (Å²) < 4.78 is 11.5. The van der Waals surface area contributed by atoms with Crippen molar-refractivity contribution in [2.75, 3.05) is 46.0 Å². The second kappa shape index (κ2) is 9.39. The first-order chi connectivity index (χ1) is 13.1. The highest BCUT2D eigenvalue weighted by atomic mass is 16.5. The number of aliphatic hydroxyl groups is 2. The molecule has 3 N–H and O–H groups in total. The topological polar surface area (TPSA) is 91.3 Å². The van der Waals surface area contributed by atoms with E-state index in [4.69, 9.17) is 14.6 Å². The Kier molecular flexibility index (Phi) is 6.93. The second-order valence-electron chi connectivity index (χ2n) is 7.34. The van der Waals surface area contributed by atoms with E-state index in [2.05, 4.69) is 10.2 Å². The number of carbonyl (C=O) groups excluding carboxylic acids is 1. The number of aryl methyl sites for hydroxylation is 1. The van der Waals surface area contributed by atoms with Gasteiger partial charge in [-0.2, -0.15) is 0 Å². The van der Waals surface area contributed by atoms with Gasteiger partial charge < -0.3 is 29.9 Å². The zero-order valence-corrected chi connectivity index (χ0v) is 15.9. The van der Waals surface area contributed by atoms with Crippen molar-refractivity contribution < 1.29 is 24.5 Å². The lowest BCUT2D eigenvalue weighted by atomic mass is 9.93. The Morgan fingerprint density at radius 2 is 2.07 bits per heavy atom. The van der Waals surface area contributed by atoms with Crippen LogP contribution in [-0.2, 0) is 0 Å². The van der Waals surface area contributed by atoms with Crippen LogP contribution in [-0.4, -0.2) is 73.1 Å². The number of aliphatic hydroxyl groups excluding tert-OH is 2. The Labute approximate surface area is 160 Å². The maximum absolute atomic E-state index is 12.7. The molecule has 0 aliphatic carbocycles. The molecule has 2 aliphatic heterocycles. The van der Waals surface area contributed by atoms with Crippen molar-refractivity contribution in [2.45, 2.75) is 32.3 Å². The lowest BCUT2D eigenvalue weighted by Crippen LogP contribution is -2.47. The van der Waals surface area contributed by atoms with Gasteiger partial charge in [0.05, 0.1) is 24.9 Å². The lowest BCUT2D eigenvalue weighted by Gasteiger charge is -2.36. The SMILES string of the molecule is Cc1ccc(C(=O)NCC2CCN(CCCO)CC2O)c2c1OCCCO2. The maximum Gasteiger partial charge on any atom is 0.255 e. The number of β-amino-alcohol motifs (C(OH)–C–C–N with tert-alkyl or cyclic N) is 1. The van der Waals surface area contributed by atoms with Crippen LogP contribution in [0.25, 0.3) is 0 Å². The number of carbonyl (C=O) groups is 1. The highest BCUT2D eigenvalue weighted by Crippen LogP contribution is 2.36. The number of ether oxygens (including phenoxy) is 2. The molecule has 1 aromatic carbocycles. The van der Waals surface area contributed by atoms with Crippen LogP contribution in [0, 0.1) is 12.8 Å². The van der Waals surface area contributed by atoms with E-state index in [0.717, 1.165) is 31.5 Å². The van der Waals surface area contributed by atoms with Crippen molar-refractivity contribution >= 4 is 5.91 Å². The second-order valence-corrected chi connectivity index (χ2v) is 7.34. The Hall–Kier alpha value is -1.83. The minimum absolute atomic E-state index is 0.0283. The monoisotopic (exact) mass is 378 g/mol. The van der Waals surface area contributed by atoms with Crippen LogP contribution in [0.3, 0.4) is 0 Å². The summed E-state index contributed by atoms with van der Waals surface area (Å²) in [6.45, 7) is 5.89. The summed E-state index contributed by atoms with van der Waals surface area (Å²) in [5.74, 6) is 0.994. The molecule has 0 bridgehead atoms. The van der Waals surface area contributed by atoms with Crippen molar-refractivity contribution in [2.24, 2.45) is 5.92 Å². The molecule has 3 rings (SSSR count). The van der Waals surface area contributed by atoms with Crippen LogP contribution in [0.2, 0.25) is 0 Å². The minimum Gasteiger partial charge on any atom is -0.489 e. The molecular weight excluding hydrogens is 348 g/mol. The molecule has 1 aromatic rings. The third-order valence-electron chi connectivity index (χ3n) is 5.30. The molecule has 1 fully saturated rings. The molecule has 150 valence electrons. The Bertz CT molecular complexity index is 652. The zero-order chi connectivity index (χ0) is 19.2. The summed E-state index contributed by atoms with van der Waals surface area (Å²) in [7, 11) is 0. The van der Waals surface area contributed by atoms with Gasteiger partial charge in [-0.05, 0) is 37.9 Å². The maximum atomic E-state index is 12.7. The Morgan fingerprint density at radius 3 is 2.81 bits per heavy atom. The summed E-state index contributed by atoms with van der Waals surface area (Å²) in [5.41, 5.74) is 1.43. The minimum atomic E-state index is -0.479. The highest BCUT2D eigenvalue weighted by Gasteiger charge is 2.28. The van der Waals surface area contributed by atoms with Gasteiger partial charge >= 0.3 is 0 Å². The molecular formula is C20H30N2O5. The number of amides is 1. The van der Waals surface area contributed by atoms with Crippen LogP contribution in [0.15, 0.2) is 12.1 Å². The summed E-state index contributed by atoms with van der Waals surface area (Å²) in [5, 5.41) is 22.3. The van der Waals surface area contributed by atoms with Crippen molar-refractivity contribution in [1.29, 1.82) is 0 Å². The third-order valence-corrected chi connectivity index (χ3v) is 5.30. The van der Waals surface area contributed by atoms with E-state index in [-0.39, 0.29) is 18.4 Å². The number of piperidine rings is 1. The van der Waals surface area contributed by atoms with Crippen LogP contribution >= 0.6 is 0 Å². The number of benzene rings is 1. The first kappa shape index (κ1) is 19.9. The fourth-order valence-electron chi connectivity index (χ4n) is 3.67. The van der Waals surface area contributed by atoms with E-state index in [1.165, 1.54) is 0 Å². The van der Waals surface area contributed by atoms with Gasteiger partial charge in [0.25, 0.3) is 5.91 Å². The molecule has 27 heavy (non-hydrogen) atoms. The van der Waals surface area contributed by atoms with Gasteiger partial charge in [-0.1, -0.05) is 6.07 Å². The average Bonchev–Trinajstić information content (AvgIpc) is 2.92. The average molecular weight is 378 g/mol. The summed E-state index contributed by atoms with van der Waals surface area (Å²) in [6, 6.07) is 3.64. The van der Waals surface area contributed by atoms with Gasteiger partial charge in [-0.15, -0.1) is 0 Å². The normalized spacial score (nSPS) is 22.9. The van der Waals surface area contributed by atoms with E-state index in [0.29, 0.717) is 49.8 Å². The van der Waals surface area contributed by atoms with Crippen LogP contribution in [0.5, 0.6) is 11.5 Å². The van der Waals surface area contributed by atoms with E-state index < -0.39 is 6.10 Å². The van der Waals surface area contributed by atoms with Gasteiger partial charge in [0.15, 0.2) is 11.5 Å². The quantitative estimate of drug-likeness (QED) is 0.683. The summed E-state index contributed by atoms with van der Waals surface area (Å²) in [6.07, 6.45) is 1.84. The summed E-state index contributed by atoms with van der Waals surface area (Å²) >= 11 is 0. The molecule has 2 heterocycles. The summed E-state index contributed by atoms with van der Waals surface area (Å²) in [4.78, 5) is 14.9. The fraction of sp³-hybridized carbons (Fsp3) is 0.650. The van der Waals surface area contributed by atoms with Crippen LogP contribution in [0.4, 0.5) is 0 Å². The van der Waals surface area contributed by atoms with Gasteiger partial charge in [-0.3, -0.25) is 4.79 Å². The van der Waals surface area contributed by atoms with E-state index >= 15 is 0 Å². The number of fused-ring (bicyclic) bond motifs is 1. The van der Waals surface area contributed by atoms with Gasteiger partial charge in [0, 0.05) is 38.6 Å². The number of hydrogen-bond donors (Lipinski definition) is 3. The fourth-order valence-corrected chi connectivity index (χ4v) is 3.67. The Balaban J connectivity index is 1.59. The van der Waals surface area contributed by atoms with Crippen LogP contribution < -0.4 is 14.8 Å². The van der Waals surface area contributed by atoms with E-state index in [1.807, 2.05) is 13.0 Å². The van der Waals surface area contributed by atoms with Crippen molar-refractivity contribution in [3.05, 3.63) is 23.3 Å². The molecule has 1 amide bonds. The molecule has 0 radical (unpaired) electrons. The smallest absolute Gasteiger partial charge is 0.255 e. The lowest BCUT2D eigenvalue weighted by molar-refractivity contribution is 0.0201. The van der Waals surface area contributed by atoms with Crippen molar-refractivity contribution in [1.82, 2.24) is 10.2 Å². The van der Waals surface area contributed by atoms with E-state index in [1.54, 1.807) is 6.07 Å².